The number of thiazole rings is 1. The van der Waals surface area contributed by atoms with Crippen LogP contribution in [0.5, 0.6) is 0 Å². The highest BCUT2D eigenvalue weighted by molar-refractivity contribution is 7.14. The fourth-order valence-electron chi connectivity index (χ4n) is 2.50. The fourth-order valence-corrected chi connectivity index (χ4v) is 3.38. The van der Waals surface area contributed by atoms with Gasteiger partial charge in [0.25, 0.3) is 5.91 Å². The van der Waals surface area contributed by atoms with Gasteiger partial charge >= 0.3 is 6.03 Å². The Balaban J connectivity index is 1.62. The Kier molecular flexibility index (Phi) is 5.73. The summed E-state index contributed by atoms with van der Waals surface area (Å²) in [5.74, 6) is -0.334. The summed E-state index contributed by atoms with van der Waals surface area (Å²) in [7, 11) is 0. The third kappa shape index (κ3) is 5.29. The van der Waals surface area contributed by atoms with E-state index in [2.05, 4.69) is 20.9 Å². The largest absolute Gasteiger partial charge is 0.325 e. The van der Waals surface area contributed by atoms with Crippen molar-refractivity contribution >= 4 is 51.4 Å². The number of hydrogen-bond donors (Lipinski definition) is 3. The summed E-state index contributed by atoms with van der Waals surface area (Å²) in [6.45, 7) is 3.93. The highest BCUT2D eigenvalue weighted by Gasteiger charge is 2.13. The first kappa shape index (κ1) is 18.9. The Morgan fingerprint density at radius 2 is 1.70 bits per heavy atom. The number of nitrogens with zero attached hydrogens (tertiary/aromatic N) is 1. The number of aryl methyl sites for hydroxylation is 2. The average molecular weight is 401 g/mol. The van der Waals surface area contributed by atoms with Crippen LogP contribution in [0.1, 0.15) is 21.6 Å². The van der Waals surface area contributed by atoms with Gasteiger partial charge in [-0.1, -0.05) is 23.7 Å². The fraction of sp³-hybridized carbons (Fsp3) is 0.105. The molecule has 0 unspecified atom stereocenters. The number of rotatable bonds is 4. The lowest BCUT2D eigenvalue weighted by molar-refractivity contribution is 0.102. The molecule has 8 heteroatoms. The van der Waals surface area contributed by atoms with E-state index in [4.69, 9.17) is 11.6 Å². The summed E-state index contributed by atoms with van der Waals surface area (Å²) in [6, 6.07) is 12.1. The molecule has 3 N–H and O–H groups in total. The molecule has 0 aliphatic carbocycles. The van der Waals surface area contributed by atoms with Gasteiger partial charge in [-0.15, -0.1) is 11.3 Å². The van der Waals surface area contributed by atoms with Crippen molar-refractivity contribution in [2.75, 3.05) is 16.0 Å². The molecule has 1 aromatic heterocycles. The first-order valence-corrected chi connectivity index (χ1v) is 9.33. The second-order valence-corrected chi connectivity index (χ2v) is 7.25. The zero-order valence-electron chi connectivity index (χ0n) is 14.7. The minimum absolute atomic E-state index is 0.234. The predicted molar refractivity (Wildman–Crippen MR) is 110 cm³/mol. The lowest BCUT2D eigenvalue weighted by Crippen LogP contribution is -2.19. The van der Waals surface area contributed by atoms with E-state index in [0.717, 1.165) is 11.1 Å². The Bertz CT molecular complexity index is 983. The Hall–Kier alpha value is -2.90. The quantitative estimate of drug-likeness (QED) is 0.555. The Morgan fingerprint density at radius 1 is 0.963 bits per heavy atom. The van der Waals surface area contributed by atoms with Crippen molar-refractivity contribution in [3.63, 3.8) is 0 Å². The van der Waals surface area contributed by atoms with Gasteiger partial charge in [-0.3, -0.25) is 10.1 Å². The van der Waals surface area contributed by atoms with E-state index in [-0.39, 0.29) is 11.6 Å². The van der Waals surface area contributed by atoms with Crippen LogP contribution in [0.15, 0.2) is 47.8 Å². The van der Waals surface area contributed by atoms with Gasteiger partial charge < -0.3 is 10.6 Å². The van der Waals surface area contributed by atoms with E-state index in [1.165, 1.54) is 11.3 Å². The summed E-state index contributed by atoms with van der Waals surface area (Å²) in [5.41, 5.74) is 3.62. The molecule has 27 heavy (non-hydrogen) atoms. The molecular formula is C19H17ClN4O2S. The van der Waals surface area contributed by atoms with Crippen molar-refractivity contribution in [3.05, 3.63) is 69.7 Å². The molecule has 0 atom stereocenters. The molecule has 0 spiro atoms. The van der Waals surface area contributed by atoms with Crippen molar-refractivity contribution in [2.45, 2.75) is 13.8 Å². The summed E-state index contributed by atoms with van der Waals surface area (Å²) < 4.78 is 0. The molecule has 0 aliphatic heterocycles. The monoisotopic (exact) mass is 400 g/mol. The number of halogens is 1. The maximum absolute atomic E-state index is 12.4. The van der Waals surface area contributed by atoms with E-state index in [9.17, 15) is 9.59 Å². The summed E-state index contributed by atoms with van der Waals surface area (Å²) in [6.07, 6.45) is 0. The van der Waals surface area contributed by atoms with Crippen LogP contribution in [0.3, 0.4) is 0 Å². The van der Waals surface area contributed by atoms with Gasteiger partial charge in [0.2, 0.25) is 0 Å². The molecule has 0 aliphatic rings. The van der Waals surface area contributed by atoms with Crippen LogP contribution in [0, 0.1) is 13.8 Å². The van der Waals surface area contributed by atoms with Crippen LogP contribution in [0.25, 0.3) is 0 Å². The maximum Gasteiger partial charge on any atom is 0.325 e. The van der Waals surface area contributed by atoms with Gasteiger partial charge in [0.15, 0.2) is 5.13 Å². The molecule has 0 saturated heterocycles. The third-order valence-electron chi connectivity index (χ3n) is 3.52. The van der Waals surface area contributed by atoms with E-state index in [1.54, 1.807) is 29.6 Å². The summed E-state index contributed by atoms with van der Waals surface area (Å²) in [4.78, 5) is 28.6. The van der Waals surface area contributed by atoms with Crippen LogP contribution >= 0.6 is 22.9 Å². The second kappa shape index (κ2) is 8.20. The van der Waals surface area contributed by atoms with Gasteiger partial charge in [0.1, 0.15) is 5.69 Å². The van der Waals surface area contributed by atoms with Gasteiger partial charge in [0, 0.05) is 21.8 Å². The number of amides is 3. The van der Waals surface area contributed by atoms with Gasteiger partial charge in [0.05, 0.1) is 0 Å². The number of nitrogens with one attached hydrogen (secondary N) is 3. The van der Waals surface area contributed by atoms with Crippen molar-refractivity contribution in [1.82, 2.24) is 4.98 Å². The van der Waals surface area contributed by atoms with Gasteiger partial charge in [-0.05, 0) is 55.3 Å². The molecule has 0 fully saturated rings. The molecule has 3 amide bonds. The second-order valence-electron chi connectivity index (χ2n) is 5.96. The van der Waals surface area contributed by atoms with E-state index in [0.29, 0.717) is 21.5 Å². The number of hydrogen-bond acceptors (Lipinski definition) is 4. The smallest absolute Gasteiger partial charge is 0.321 e. The first-order chi connectivity index (χ1) is 12.9. The van der Waals surface area contributed by atoms with Crippen LogP contribution in [-0.2, 0) is 0 Å². The first-order valence-electron chi connectivity index (χ1n) is 8.08. The van der Waals surface area contributed by atoms with Gasteiger partial charge in [-0.2, -0.15) is 0 Å². The molecule has 2 aromatic carbocycles. The number of urea groups is 1. The lowest BCUT2D eigenvalue weighted by Gasteiger charge is -2.06. The molecule has 3 rings (SSSR count). The SMILES string of the molecule is Cc1cc(C)cc(NC(=O)c2csc(NC(=O)Nc3cccc(Cl)c3)n2)c1. The van der Waals surface area contributed by atoms with Crippen molar-refractivity contribution in [3.8, 4) is 0 Å². The molecule has 138 valence electrons. The molecule has 6 nitrogen and oxygen atoms in total. The van der Waals surface area contributed by atoms with Crippen LogP contribution < -0.4 is 16.0 Å². The number of benzene rings is 2. The normalized spacial score (nSPS) is 10.3. The highest BCUT2D eigenvalue weighted by atomic mass is 35.5. The maximum atomic E-state index is 12.4. The molecule has 1 heterocycles. The van der Waals surface area contributed by atoms with Crippen molar-refractivity contribution in [2.24, 2.45) is 0 Å². The van der Waals surface area contributed by atoms with Gasteiger partial charge in [-0.25, -0.2) is 9.78 Å². The van der Waals surface area contributed by atoms with E-state index < -0.39 is 6.03 Å². The Morgan fingerprint density at radius 3 is 2.41 bits per heavy atom. The van der Waals surface area contributed by atoms with E-state index in [1.807, 2.05) is 32.0 Å². The van der Waals surface area contributed by atoms with Crippen LogP contribution in [0.2, 0.25) is 5.02 Å². The van der Waals surface area contributed by atoms with Crippen LogP contribution in [0.4, 0.5) is 21.3 Å². The Labute approximate surface area is 165 Å². The molecule has 3 aromatic rings. The number of aromatic nitrogens is 1. The zero-order valence-corrected chi connectivity index (χ0v) is 16.2. The third-order valence-corrected chi connectivity index (χ3v) is 4.51. The molecule has 0 radical (unpaired) electrons. The minimum atomic E-state index is -0.465. The molecule has 0 saturated carbocycles. The summed E-state index contributed by atoms with van der Waals surface area (Å²) >= 11 is 7.05. The topological polar surface area (TPSA) is 83.1 Å². The minimum Gasteiger partial charge on any atom is -0.321 e. The zero-order chi connectivity index (χ0) is 19.4. The highest BCUT2D eigenvalue weighted by Crippen LogP contribution is 2.19. The average Bonchev–Trinajstić information content (AvgIpc) is 3.02. The lowest BCUT2D eigenvalue weighted by atomic mass is 10.1. The predicted octanol–water partition coefficient (Wildman–Crippen LogP) is 5.31. The standard InChI is InChI=1S/C19H17ClN4O2S/c1-11-6-12(2)8-15(7-11)21-17(25)16-10-27-19(23-16)24-18(26)22-14-5-3-4-13(20)9-14/h3-10H,1-2H3,(H,21,25)(H2,22,23,24,26). The van der Waals surface area contributed by atoms with Crippen molar-refractivity contribution in [1.29, 1.82) is 0 Å². The van der Waals surface area contributed by atoms with E-state index >= 15 is 0 Å². The summed E-state index contributed by atoms with van der Waals surface area (Å²) in [5, 5.41) is 10.5. The van der Waals surface area contributed by atoms with Crippen molar-refractivity contribution < 1.29 is 9.59 Å². The van der Waals surface area contributed by atoms with Crippen LogP contribution in [-0.4, -0.2) is 16.9 Å². The molecular weight excluding hydrogens is 384 g/mol. The molecule has 0 bridgehead atoms. The number of anilines is 3. The number of carbonyl (C=O) groups excluding carboxylic acids is 2. The number of carbonyl (C=O) groups is 2.